The molecule has 3 aromatic carbocycles. The van der Waals surface area contributed by atoms with Crippen molar-refractivity contribution in [3.8, 4) is 0 Å². The summed E-state index contributed by atoms with van der Waals surface area (Å²) in [5, 5.41) is 8.46. The number of aromatic nitrogens is 2. The fraction of sp³-hybridized carbons (Fsp3) is 0.279. The third kappa shape index (κ3) is 6.00. The van der Waals surface area contributed by atoms with Crippen molar-refractivity contribution in [1.29, 1.82) is 0 Å². The van der Waals surface area contributed by atoms with Crippen LogP contribution in [0.2, 0.25) is 10.0 Å². The molecule has 274 valence electrons. The highest BCUT2D eigenvalue weighted by molar-refractivity contribution is 6.32. The Morgan fingerprint density at radius 2 is 1.74 bits per heavy atom. The number of urea groups is 1. The van der Waals surface area contributed by atoms with Crippen molar-refractivity contribution < 1.29 is 9.59 Å². The molecular weight excluding hydrogens is 717 g/mol. The van der Waals surface area contributed by atoms with Crippen LogP contribution in [0.1, 0.15) is 70.5 Å². The lowest BCUT2D eigenvalue weighted by molar-refractivity contribution is 0.102. The van der Waals surface area contributed by atoms with Gasteiger partial charge in [0.2, 0.25) is 0 Å². The minimum atomic E-state index is -0.258. The molecule has 9 nitrogen and oxygen atoms in total. The fourth-order valence-electron chi connectivity index (χ4n) is 8.86. The van der Waals surface area contributed by atoms with E-state index in [0.29, 0.717) is 28.0 Å². The summed E-state index contributed by atoms with van der Waals surface area (Å²) in [4.78, 5) is 42.2. The lowest BCUT2D eigenvalue weighted by Gasteiger charge is -2.39. The fourth-order valence-corrected chi connectivity index (χ4v) is 9.21. The molecule has 9 rings (SSSR count). The molecule has 11 heteroatoms. The van der Waals surface area contributed by atoms with Crippen molar-refractivity contribution in [2.75, 3.05) is 36.4 Å². The Hall–Kier alpha value is -5.25. The minimum Gasteiger partial charge on any atom is -0.355 e. The average Bonchev–Trinajstić information content (AvgIpc) is 3.73. The molecule has 2 unspecified atom stereocenters. The van der Waals surface area contributed by atoms with Crippen molar-refractivity contribution in [3.05, 3.63) is 135 Å². The Kier molecular flexibility index (Phi) is 8.86. The third-order valence-corrected chi connectivity index (χ3v) is 11.8. The van der Waals surface area contributed by atoms with Gasteiger partial charge in [0.05, 0.1) is 17.4 Å². The molecule has 2 atom stereocenters. The number of aromatic amines is 1. The molecule has 3 amide bonds. The first kappa shape index (κ1) is 34.5. The van der Waals surface area contributed by atoms with Gasteiger partial charge in [0, 0.05) is 71.1 Å². The summed E-state index contributed by atoms with van der Waals surface area (Å²) in [6.45, 7) is 7.12. The van der Waals surface area contributed by atoms with Crippen molar-refractivity contribution in [3.63, 3.8) is 0 Å². The standard InChI is InChI=1S/C43H41Cl2N7O2/c1-25-21-34(41(47-24-25)50-18-14-31(15-19-50)51-20-16-46-43(51)54)49-42(53)38-37-36-32(22-30(45)23-33(36)48-38)39(28-10-12-29(44)13-11-28)52-17-6-7-26(2)35(40(37)52)27-8-4-3-5-9-27/h3-6,8-13,17,21-24,26,31,39,48H,7,14-16,18-20H2,1-2H3,(H,46,54)(H,49,53). The maximum Gasteiger partial charge on any atom is 0.317 e. The van der Waals surface area contributed by atoms with Gasteiger partial charge in [-0.25, -0.2) is 9.78 Å². The summed E-state index contributed by atoms with van der Waals surface area (Å²) in [6.07, 6.45) is 8.74. The van der Waals surface area contributed by atoms with Crippen LogP contribution in [0.4, 0.5) is 16.3 Å². The van der Waals surface area contributed by atoms with Crippen LogP contribution in [0.3, 0.4) is 0 Å². The molecule has 0 aliphatic carbocycles. The molecule has 54 heavy (non-hydrogen) atoms. The molecule has 6 heterocycles. The SMILES string of the molecule is Cc1cnc(N2CCC(N3CCNC3=O)CC2)c(NC(=O)c2[nH]c3cc(Cl)cc4c3c2C2=C(c3ccccc3)C(C)CC=CN2C4c2ccc(Cl)cc2)c1. The number of carbonyl (C=O) groups is 2. The normalized spacial score (nSPS) is 20.0. The second kappa shape index (κ2) is 13.9. The highest BCUT2D eigenvalue weighted by atomic mass is 35.5. The second-order valence-corrected chi connectivity index (χ2v) is 15.7. The van der Waals surface area contributed by atoms with Crippen molar-refractivity contribution >= 4 is 68.8 Å². The van der Waals surface area contributed by atoms with Crippen LogP contribution in [0.5, 0.6) is 0 Å². The van der Waals surface area contributed by atoms with Gasteiger partial charge >= 0.3 is 6.03 Å². The molecule has 0 radical (unpaired) electrons. The molecule has 5 aromatic rings. The predicted molar refractivity (Wildman–Crippen MR) is 217 cm³/mol. The third-order valence-electron chi connectivity index (χ3n) is 11.3. The van der Waals surface area contributed by atoms with E-state index < -0.39 is 0 Å². The van der Waals surface area contributed by atoms with Gasteiger partial charge in [0.1, 0.15) is 5.69 Å². The molecule has 2 saturated heterocycles. The smallest absolute Gasteiger partial charge is 0.317 e. The number of fused-ring (bicyclic) bond motifs is 2. The number of pyridine rings is 1. The molecule has 0 saturated carbocycles. The summed E-state index contributed by atoms with van der Waals surface area (Å²) >= 11 is 13.3. The first-order chi connectivity index (χ1) is 26.2. The number of hydrogen-bond acceptors (Lipinski definition) is 5. The van der Waals surface area contributed by atoms with E-state index in [2.05, 4.69) is 81.0 Å². The van der Waals surface area contributed by atoms with Gasteiger partial charge in [0.15, 0.2) is 5.82 Å². The van der Waals surface area contributed by atoms with Crippen molar-refractivity contribution in [2.45, 2.75) is 45.2 Å². The number of nitrogens with one attached hydrogen (secondary N) is 3. The molecule has 0 spiro atoms. The predicted octanol–water partition coefficient (Wildman–Crippen LogP) is 9.25. The van der Waals surface area contributed by atoms with Crippen molar-refractivity contribution in [1.82, 2.24) is 25.1 Å². The Labute approximate surface area is 324 Å². The minimum absolute atomic E-state index is 0.0174. The van der Waals surface area contributed by atoms with Crippen LogP contribution in [0.15, 0.2) is 91.3 Å². The maximum atomic E-state index is 14.9. The zero-order valence-corrected chi connectivity index (χ0v) is 31.7. The van der Waals surface area contributed by atoms with Gasteiger partial charge in [-0.2, -0.15) is 0 Å². The molecule has 3 N–H and O–H groups in total. The number of halogens is 2. The second-order valence-electron chi connectivity index (χ2n) is 14.8. The van der Waals surface area contributed by atoms with E-state index in [0.717, 1.165) is 89.1 Å². The zero-order chi connectivity index (χ0) is 37.1. The highest BCUT2D eigenvalue weighted by Gasteiger charge is 2.40. The molecule has 0 bridgehead atoms. The number of aryl methyl sites for hydroxylation is 1. The van der Waals surface area contributed by atoms with E-state index in [9.17, 15) is 9.59 Å². The molecule has 2 aromatic heterocycles. The first-order valence-corrected chi connectivity index (χ1v) is 19.4. The van der Waals surface area contributed by atoms with E-state index >= 15 is 0 Å². The van der Waals surface area contributed by atoms with Crippen LogP contribution in [-0.2, 0) is 0 Å². The number of benzene rings is 3. The van der Waals surface area contributed by atoms with Gasteiger partial charge in [-0.1, -0.05) is 78.7 Å². The van der Waals surface area contributed by atoms with Gasteiger partial charge in [-0.05, 0) is 90.3 Å². The number of carbonyl (C=O) groups excluding carboxylic acids is 2. The number of amides is 3. The first-order valence-electron chi connectivity index (χ1n) is 18.7. The van der Waals surface area contributed by atoms with Gasteiger partial charge < -0.3 is 30.3 Å². The van der Waals surface area contributed by atoms with Crippen LogP contribution in [0, 0.1) is 12.8 Å². The maximum absolute atomic E-state index is 14.9. The summed E-state index contributed by atoms with van der Waals surface area (Å²) in [5.74, 6) is 0.629. The van der Waals surface area contributed by atoms with Crippen LogP contribution >= 0.6 is 23.2 Å². The van der Waals surface area contributed by atoms with E-state index in [1.54, 1.807) is 0 Å². The van der Waals surface area contributed by atoms with E-state index in [-0.39, 0.29) is 29.9 Å². The summed E-state index contributed by atoms with van der Waals surface area (Å²) in [5.41, 5.74) is 9.05. The summed E-state index contributed by atoms with van der Waals surface area (Å²) < 4.78 is 0. The molecular formula is C43H41Cl2N7O2. The zero-order valence-electron chi connectivity index (χ0n) is 30.2. The lowest BCUT2D eigenvalue weighted by Crippen LogP contribution is -2.46. The van der Waals surface area contributed by atoms with Crippen LogP contribution in [-0.4, -0.2) is 63.9 Å². The molecule has 2 fully saturated rings. The van der Waals surface area contributed by atoms with Crippen LogP contribution in [0.25, 0.3) is 22.2 Å². The Bertz CT molecular complexity index is 2350. The molecule has 4 aliphatic rings. The van der Waals surface area contributed by atoms with E-state index in [4.69, 9.17) is 28.2 Å². The summed E-state index contributed by atoms with van der Waals surface area (Å²) in [6, 6.07) is 24.4. The number of piperidine rings is 1. The van der Waals surface area contributed by atoms with Crippen molar-refractivity contribution in [2.24, 2.45) is 5.92 Å². The number of hydrogen-bond donors (Lipinski definition) is 3. The molecule has 4 aliphatic heterocycles. The Balaban J connectivity index is 1.18. The van der Waals surface area contributed by atoms with Gasteiger partial charge in [-0.15, -0.1) is 0 Å². The Morgan fingerprint density at radius 3 is 2.48 bits per heavy atom. The quantitative estimate of drug-likeness (QED) is 0.161. The number of anilines is 2. The largest absolute Gasteiger partial charge is 0.355 e. The highest BCUT2D eigenvalue weighted by Crippen LogP contribution is 2.53. The number of rotatable bonds is 6. The monoisotopic (exact) mass is 757 g/mol. The summed E-state index contributed by atoms with van der Waals surface area (Å²) in [7, 11) is 0. The lowest BCUT2D eigenvalue weighted by atomic mass is 9.82. The number of H-pyrrole nitrogens is 1. The number of allylic oxidation sites excluding steroid dienone is 2. The van der Waals surface area contributed by atoms with E-state index in [1.165, 1.54) is 5.57 Å². The Morgan fingerprint density at radius 1 is 0.963 bits per heavy atom. The van der Waals surface area contributed by atoms with Gasteiger partial charge in [0.25, 0.3) is 5.91 Å². The topological polar surface area (TPSA) is 96.6 Å². The van der Waals surface area contributed by atoms with E-state index in [1.807, 2.05) is 54.4 Å². The number of nitrogens with zero attached hydrogens (tertiary/aromatic N) is 4. The van der Waals surface area contributed by atoms with Crippen LogP contribution < -0.4 is 15.5 Å². The van der Waals surface area contributed by atoms with Gasteiger partial charge in [-0.3, -0.25) is 4.79 Å². The average molecular weight is 759 g/mol.